The van der Waals surface area contributed by atoms with Crippen LogP contribution in [0.1, 0.15) is 10.4 Å². The molecular formula is C19H15N5O2S. The molecule has 4 aromatic rings. The van der Waals surface area contributed by atoms with Gasteiger partial charge in [-0.1, -0.05) is 12.1 Å². The number of amides is 1. The standard InChI is InChI=1S/C19H15N5O2S/c1-24-11-21-23-19(24)27-16-8-6-15(7-9-16)22-18(25)14-4-2-13(3-5-14)17-10-20-12-26-17/h2-12H,1H3,(H,22,25). The van der Waals surface area contributed by atoms with Gasteiger partial charge in [0.2, 0.25) is 0 Å². The van der Waals surface area contributed by atoms with Crippen LogP contribution in [0.25, 0.3) is 11.3 Å². The third-order valence-electron chi connectivity index (χ3n) is 3.86. The molecule has 0 atom stereocenters. The lowest BCUT2D eigenvalue weighted by Crippen LogP contribution is -2.11. The van der Waals surface area contributed by atoms with Gasteiger partial charge in [0.05, 0.1) is 6.20 Å². The second-order valence-electron chi connectivity index (χ2n) is 5.75. The number of benzene rings is 2. The minimum Gasteiger partial charge on any atom is -0.444 e. The van der Waals surface area contributed by atoms with Crippen molar-refractivity contribution in [1.29, 1.82) is 0 Å². The highest BCUT2D eigenvalue weighted by atomic mass is 32.2. The number of hydrogen-bond acceptors (Lipinski definition) is 6. The smallest absolute Gasteiger partial charge is 0.255 e. The lowest BCUT2D eigenvalue weighted by atomic mass is 10.1. The number of nitrogens with one attached hydrogen (secondary N) is 1. The van der Waals surface area contributed by atoms with Crippen LogP contribution in [0, 0.1) is 0 Å². The van der Waals surface area contributed by atoms with Crippen molar-refractivity contribution in [3.05, 3.63) is 73.0 Å². The molecular weight excluding hydrogens is 362 g/mol. The largest absolute Gasteiger partial charge is 0.444 e. The van der Waals surface area contributed by atoms with Crippen molar-refractivity contribution >= 4 is 23.4 Å². The number of nitrogens with zero attached hydrogens (tertiary/aromatic N) is 4. The summed E-state index contributed by atoms with van der Waals surface area (Å²) in [4.78, 5) is 17.3. The molecule has 7 nitrogen and oxygen atoms in total. The lowest BCUT2D eigenvalue weighted by Gasteiger charge is -2.07. The normalized spacial score (nSPS) is 10.7. The van der Waals surface area contributed by atoms with E-state index in [4.69, 9.17) is 4.42 Å². The van der Waals surface area contributed by atoms with Crippen molar-refractivity contribution in [3.63, 3.8) is 0 Å². The van der Waals surface area contributed by atoms with Gasteiger partial charge in [-0.3, -0.25) is 4.79 Å². The van der Waals surface area contributed by atoms with E-state index in [0.29, 0.717) is 11.3 Å². The van der Waals surface area contributed by atoms with Crippen LogP contribution in [-0.4, -0.2) is 25.7 Å². The predicted molar refractivity (Wildman–Crippen MR) is 101 cm³/mol. The van der Waals surface area contributed by atoms with Gasteiger partial charge in [-0.15, -0.1) is 10.2 Å². The Morgan fingerprint density at radius 3 is 2.52 bits per heavy atom. The van der Waals surface area contributed by atoms with E-state index in [0.717, 1.165) is 21.3 Å². The Kier molecular flexibility index (Phi) is 4.71. The average molecular weight is 377 g/mol. The second kappa shape index (κ2) is 7.46. The summed E-state index contributed by atoms with van der Waals surface area (Å²) in [7, 11) is 1.89. The average Bonchev–Trinajstić information content (AvgIpc) is 3.36. The van der Waals surface area contributed by atoms with Crippen LogP contribution in [-0.2, 0) is 7.05 Å². The third-order valence-corrected chi connectivity index (χ3v) is 4.92. The van der Waals surface area contributed by atoms with E-state index < -0.39 is 0 Å². The minimum atomic E-state index is -0.173. The number of rotatable bonds is 5. The van der Waals surface area contributed by atoms with Gasteiger partial charge in [-0.05, 0) is 48.2 Å². The molecule has 0 aliphatic heterocycles. The van der Waals surface area contributed by atoms with Crippen LogP contribution >= 0.6 is 11.8 Å². The van der Waals surface area contributed by atoms with Crippen LogP contribution in [0.4, 0.5) is 5.69 Å². The maximum absolute atomic E-state index is 12.4. The summed E-state index contributed by atoms with van der Waals surface area (Å²) < 4.78 is 7.10. The van der Waals surface area contributed by atoms with Gasteiger partial charge in [0, 0.05) is 28.8 Å². The Morgan fingerprint density at radius 2 is 1.89 bits per heavy atom. The summed E-state index contributed by atoms with van der Waals surface area (Å²) in [6.07, 6.45) is 4.67. The number of anilines is 1. The number of oxazole rings is 1. The van der Waals surface area contributed by atoms with E-state index in [-0.39, 0.29) is 5.91 Å². The fourth-order valence-electron chi connectivity index (χ4n) is 2.42. The molecule has 2 heterocycles. The highest BCUT2D eigenvalue weighted by molar-refractivity contribution is 7.99. The van der Waals surface area contributed by atoms with Crippen molar-refractivity contribution in [1.82, 2.24) is 19.7 Å². The molecule has 0 bridgehead atoms. The third kappa shape index (κ3) is 3.90. The Hall–Kier alpha value is -3.39. The topological polar surface area (TPSA) is 85.8 Å². The molecule has 27 heavy (non-hydrogen) atoms. The van der Waals surface area contributed by atoms with E-state index >= 15 is 0 Å². The Morgan fingerprint density at radius 1 is 1.11 bits per heavy atom. The molecule has 1 amide bonds. The molecule has 0 spiro atoms. The first-order valence-corrected chi connectivity index (χ1v) is 8.93. The van der Waals surface area contributed by atoms with Gasteiger partial charge < -0.3 is 14.3 Å². The second-order valence-corrected chi connectivity index (χ2v) is 6.79. The van der Waals surface area contributed by atoms with Crippen LogP contribution in [0.2, 0.25) is 0 Å². The van der Waals surface area contributed by atoms with Crippen molar-refractivity contribution in [2.24, 2.45) is 7.05 Å². The number of aromatic nitrogens is 4. The van der Waals surface area contributed by atoms with Crippen LogP contribution in [0.3, 0.4) is 0 Å². The molecule has 4 rings (SSSR count). The maximum atomic E-state index is 12.4. The van der Waals surface area contributed by atoms with Crippen molar-refractivity contribution < 1.29 is 9.21 Å². The van der Waals surface area contributed by atoms with Gasteiger partial charge in [0.25, 0.3) is 5.91 Å². The highest BCUT2D eigenvalue weighted by Crippen LogP contribution is 2.26. The summed E-state index contributed by atoms with van der Waals surface area (Å²) >= 11 is 1.51. The first-order chi connectivity index (χ1) is 13.2. The van der Waals surface area contributed by atoms with Gasteiger partial charge in [-0.2, -0.15) is 0 Å². The first kappa shape index (κ1) is 17.0. The van der Waals surface area contributed by atoms with E-state index in [1.807, 2.05) is 48.0 Å². The fraction of sp³-hybridized carbons (Fsp3) is 0.0526. The lowest BCUT2D eigenvalue weighted by molar-refractivity contribution is 0.102. The highest BCUT2D eigenvalue weighted by Gasteiger charge is 2.09. The first-order valence-electron chi connectivity index (χ1n) is 8.11. The molecule has 134 valence electrons. The zero-order valence-corrected chi connectivity index (χ0v) is 15.2. The Labute approximate surface area is 159 Å². The SMILES string of the molecule is Cn1cnnc1Sc1ccc(NC(=O)c2ccc(-c3cnco3)cc2)cc1. The number of carbonyl (C=O) groups is 1. The summed E-state index contributed by atoms with van der Waals surface area (Å²) in [5, 5.41) is 11.6. The van der Waals surface area contributed by atoms with Crippen molar-refractivity contribution in [2.45, 2.75) is 10.1 Å². The van der Waals surface area contributed by atoms with E-state index in [1.165, 1.54) is 18.2 Å². The quantitative estimate of drug-likeness (QED) is 0.568. The van der Waals surface area contributed by atoms with Crippen molar-refractivity contribution in [2.75, 3.05) is 5.32 Å². The molecule has 0 saturated carbocycles. The maximum Gasteiger partial charge on any atom is 0.255 e. The van der Waals surface area contributed by atoms with Crippen LogP contribution < -0.4 is 5.32 Å². The summed E-state index contributed by atoms with van der Waals surface area (Å²) in [5.41, 5.74) is 2.16. The van der Waals surface area contributed by atoms with Crippen LogP contribution in [0.5, 0.6) is 0 Å². The number of carbonyl (C=O) groups excluding carboxylic acids is 1. The fourth-order valence-corrected chi connectivity index (χ4v) is 3.19. The van der Waals surface area contributed by atoms with E-state index in [2.05, 4.69) is 20.5 Å². The van der Waals surface area contributed by atoms with Gasteiger partial charge in [0.15, 0.2) is 17.3 Å². The number of hydrogen-bond donors (Lipinski definition) is 1. The molecule has 0 radical (unpaired) electrons. The Bertz CT molecular complexity index is 1040. The van der Waals surface area contributed by atoms with E-state index in [9.17, 15) is 4.79 Å². The molecule has 0 aliphatic carbocycles. The monoisotopic (exact) mass is 377 g/mol. The molecule has 0 fully saturated rings. The molecule has 2 aromatic heterocycles. The van der Waals surface area contributed by atoms with E-state index in [1.54, 1.807) is 24.7 Å². The summed E-state index contributed by atoms with van der Waals surface area (Å²) in [6, 6.07) is 14.8. The number of aryl methyl sites for hydroxylation is 1. The zero-order chi connectivity index (χ0) is 18.6. The van der Waals surface area contributed by atoms with Crippen molar-refractivity contribution in [3.8, 4) is 11.3 Å². The molecule has 0 saturated heterocycles. The summed E-state index contributed by atoms with van der Waals surface area (Å²) in [6.45, 7) is 0. The molecule has 2 aromatic carbocycles. The molecule has 0 aliphatic rings. The predicted octanol–water partition coefficient (Wildman–Crippen LogP) is 3.87. The van der Waals surface area contributed by atoms with Gasteiger partial charge in [0.1, 0.15) is 6.33 Å². The van der Waals surface area contributed by atoms with Gasteiger partial charge in [-0.25, -0.2) is 4.98 Å². The Balaban J connectivity index is 1.41. The molecule has 0 unspecified atom stereocenters. The molecule has 1 N–H and O–H groups in total. The summed E-state index contributed by atoms with van der Waals surface area (Å²) in [5.74, 6) is 0.491. The van der Waals surface area contributed by atoms with Crippen LogP contribution in [0.15, 0.2) is 81.9 Å². The zero-order valence-electron chi connectivity index (χ0n) is 14.4. The van der Waals surface area contributed by atoms with Gasteiger partial charge >= 0.3 is 0 Å². The minimum absolute atomic E-state index is 0.173. The molecule has 8 heteroatoms.